The van der Waals surface area contributed by atoms with Crippen molar-refractivity contribution in [1.29, 1.82) is 0 Å². The first-order valence-corrected chi connectivity index (χ1v) is 8.68. The number of urea groups is 1. The SMILES string of the molecule is Cc1ccc2cccc(OCCNC(=O)C[C@@H]3C(=O)N(C)C(=O)N3C)c2n1. The van der Waals surface area contributed by atoms with Crippen molar-refractivity contribution in [1.82, 2.24) is 20.1 Å². The molecule has 0 aliphatic carbocycles. The van der Waals surface area contributed by atoms with Gasteiger partial charge in [-0.15, -0.1) is 0 Å². The van der Waals surface area contributed by atoms with E-state index in [4.69, 9.17) is 4.74 Å². The molecule has 1 aliphatic heterocycles. The number of amides is 4. The van der Waals surface area contributed by atoms with E-state index in [1.54, 1.807) is 0 Å². The Morgan fingerprint density at radius 1 is 1.22 bits per heavy atom. The maximum absolute atomic E-state index is 12.1. The van der Waals surface area contributed by atoms with Crippen molar-refractivity contribution >= 4 is 28.7 Å². The quantitative estimate of drug-likeness (QED) is 0.612. The predicted molar refractivity (Wildman–Crippen MR) is 99.3 cm³/mol. The van der Waals surface area contributed by atoms with Gasteiger partial charge in [0.2, 0.25) is 5.91 Å². The highest BCUT2D eigenvalue weighted by atomic mass is 16.5. The average Bonchev–Trinajstić information content (AvgIpc) is 2.83. The molecule has 0 spiro atoms. The van der Waals surface area contributed by atoms with Crippen molar-refractivity contribution in [2.75, 3.05) is 27.2 Å². The number of carbonyl (C=O) groups is 3. The number of para-hydroxylation sites is 1. The molecule has 142 valence electrons. The largest absolute Gasteiger partial charge is 0.489 e. The fourth-order valence-electron chi connectivity index (χ4n) is 3.01. The van der Waals surface area contributed by atoms with Gasteiger partial charge >= 0.3 is 6.03 Å². The number of aromatic nitrogens is 1. The van der Waals surface area contributed by atoms with Gasteiger partial charge in [-0.2, -0.15) is 0 Å². The summed E-state index contributed by atoms with van der Waals surface area (Å²) >= 11 is 0. The van der Waals surface area contributed by atoms with Crippen LogP contribution in [0.1, 0.15) is 12.1 Å². The molecule has 1 N–H and O–H groups in total. The third-order valence-corrected chi connectivity index (χ3v) is 4.55. The minimum absolute atomic E-state index is 0.0690. The lowest BCUT2D eigenvalue weighted by molar-refractivity contribution is -0.131. The van der Waals surface area contributed by atoms with Crippen LogP contribution >= 0.6 is 0 Å². The van der Waals surface area contributed by atoms with E-state index in [-0.39, 0.29) is 31.4 Å². The molecule has 1 saturated heterocycles. The lowest BCUT2D eigenvalue weighted by Gasteiger charge is -2.16. The predicted octanol–water partition coefficient (Wildman–Crippen LogP) is 1.32. The Morgan fingerprint density at radius 2 is 2.00 bits per heavy atom. The number of aryl methyl sites for hydroxylation is 1. The Morgan fingerprint density at radius 3 is 2.70 bits per heavy atom. The number of fused-ring (bicyclic) bond motifs is 1. The molecular formula is C19H22N4O4. The van der Waals surface area contributed by atoms with Crippen molar-refractivity contribution < 1.29 is 19.1 Å². The molecule has 2 heterocycles. The van der Waals surface area contributed by atoms with Crippen LogP contribution in [0.3, 0.4) is 0 Å². The number of ether oxygens (including phenoxy) is 1. The summed E-state index contributed by atoms with van der Waals surface area (Å²) in [6, 6.07) is 8.46. The molecule has 1 atom stereocenters. The van der Waals surface area contributed by atoms with Gasteiger partial charge < -0.3 is 15.0 Å². The molecular weight excluding hydrogens is 348 g/mol. The van der Waals surface area contributed by atoms with E-state index in [9.17, 15) is 14.4 Å². The average molecular weight is 370 g/mol. The van der Waals surface area contributed by atoms with Gasteiger partial charge in [-0.1, -0.05) is 18.2 Å². The van der Waals surface area contributed by atoms with Crippen LogP contribution in [0.2, 0.25) is 0 Å². The molecule has 3 rings (SSSR count). The lowest BCUT2D eigenvalue weighted by Crippen LogP contribution is -2.38. The van der Waals surface area contributed by atoms with Crippen molar-refractivity contribution in [2.45, 2.75) is 19.4 Å². The zero-order valence-electron chi connectivity index (χ0n) is 15.6. The van der Waals surface area contributed by atoms with E-state index < -0.39 is 12.1 Å². The number of pyridine rings is 1. The molecule has 1 fully saturated rings. The van der Waals surface area contributed by atoms with Crippen LogP contribution in [0.15, 0.2) is 30.3 Å². The summed E-state index contributed by atoms with van der Waals surface area (Å²) in [6.45, 7) is 2.48. The Balaban J connectivity index is 1.51. The molecule has 8 heteroatoms. The first-order valence-electron chi connectivity index (χ1n) is 8.68. The summed E-state index contributed by atoms with van der Waals surface area (Å²) in [5.41, 5.74) is 1.68. The highest BCUT2D eigenvalue weighted by Gasteiger charge is 2.41. The van der Waals surface area contributed by atoms with E-state index in [1.165, 1.54) is 19.0 Å². The third-order valence-electron chi connectivity index (χ3n) is 4.55. The number of rotatable bonds is 6. The van der Waals surface area contributed by atoms with Gasteiger partial charge in [-0.3, -0.25) is 14.5 Å². The molecule has 2 aromatic rings. The van der Waals surface area contributed by atoms with Crippen LogP contribution in [-0.2, 0) is 9.59 Å². The number of carbonyl (C=O) groups excluding carboxylic acids is 3. The smallest absolute Gasteiger partial charge is 0.326 e. The number of nitrogens with one attached hydrogen (secondary N) is 1. The van der Waals surface area contributed by atoms with Crippen molar-refractivity contribution in [2.24, 2.45) is 0 Å². The molecule has 27 heavy (non-hydrogen) atoms. The standard InChI is InChI=1S/C19H22N4O4/c1-12-7-8-13-5-4-6-15(17(13)21-12)27-10-9-20-16(24)11-14-18(25)23(3)19(26)22(14)2/h4-8,14H,9-11H2,1-3H3,(H,20,24)/t14-/m1/s1. The number of imide groups is 1. The van der Waals surface area contributed by atoms with E-state index in [0.717, 1.165) is 21.5 Å². The van der Waals surface area contributed by atoms with Crippen LogP contribution in [0.25, 0.3) is 10.9 Å². The number of nitrogens with zero attached hydrogens (tertiary/aromatic N) is 3. The molecule has 1 aromatic carbocycles. The highest BCUT2D eigenvalue weighted by molar-refractivity contribution is 6.05. The van der Waals surface area contributed by atoms with Gasteiger partial charge in [-0.05, 0) is 19.1 Å². The molecule has 0 bridgehead atoms. The molecule has 4 amide bonds. The van der Waals surface area contributed by atoms with Crippen LogP contribution in [-0.4, -0.2) is 65.9 Å². The molecule has 8 nitrogen and oxygen atoms in total. The summed E-state index contributed by atoms with van der Waals surface area (Å²) in [4.78, 5) is 42.6. The molecule has 0 radical (unpaired) electrons. The van der Waals surface area contributed by atoms with Crippen LogP contribution in [0, 0.1) is 6.92 Å². The number of benzene rings is 1. The molecule has 0 unspecified atom stereocenters. The first-order chi connectivity index (χ1) is 12.9. The fraction of sp³-hybridized carbons (Fsp3) is 0.368. The summed E-state index contributed by atoms with van der Waals surface area (Å²) in [5.74, 6) is -0.0201. The maximum atomic E-state index is 12.1. The van der Waals surface area contributed by atoms with Gasteiger partial charge in [0.05, 0.1) is 13.0 Å². The Labute approximate surface area is 157 Å². The van der Waals surface area contributed by atoms with Gasteiger partial charge in [0.1, 0.15) is 23.9 Å². The summed E-state index contributed by atoms with van der Waals surface area (Å²) in [5, 5.41) is 3.70. The Kier molecular flexibility index (Phi) is 5.25. The third kappa shape index (κ3) is 3.84. The van der Waals surface area contributed by atoms with Gasteiger partial charge in [0.15, 0.2) is 0 Å². The van der Waals surface area contributed by atoms with E-state index in [0.29, 0.717) is 5.75 Å². The van der Waals surface area contributed by atoms with Gasteiger partial charge in [0, 0.05) is 25.2 Å². The number of likely N-dealkylation sites (N-methyl/N-ethyl adjacent to an activating group) is 2. The summed E-state index contributed by atoms with van der Waals surface area (Å²) in [7, 11) is 2.92. The van der Waals surface area contributed by atoms with Crippen LogP contribution in [0.5, 0.6) is 5.75 Å². The maximum Gasteiger partial charge on any atom is 0.326 e. The molecule has 1 aromatic heterocycles. The van der Waals surface area contributed by atoms with Gasteiger partial charge in [0.25, 0.3) is 5.91 Å². The van der Waals surface area contributed by atoms with E-state index >= 15 is 0 Å². The van der Waals surface area contributed by atoms with Crippen molar-refractivity contribution in [3.8, 4) is 5.75 Å². The second kappa shape index (κ2) is 7.61. The first kappa shape index (κ1) is 18.6. The van der Waals surface area contributed by atoms with Crippen molar-refractivity contribution in [3.05, 3.63) is 36.0 Å². The second-order valence-electron chi connectivity index (χ2n) is 6.49. The highest BCUT2D eigenvalue weighted by Crippen LogP contribution is 2.23. The zero-order valence-corrected chi connectivity index (χ0v) is 15.6. The molecule has 0 saturated carbocycles. The molecule has 1 aliphatic rings. The second-order valence-corrected chi connectivity index (χ2v) is 6.49. The lowest BCUT2D eigenvalue weighted by atomic mass is 10.2. The Hall–Kier alpha value is -3.16. The summed E-state index contributed by atoms with van der Waals surface area (Å²) < 4.78 is 5.75. The Bertz CT molecular complexity index is 898. The van der Waals surface area contributed by atoms with Crippen LogP contribution < -0.4 is 10.1 Å². The zero-order chi connectivity index (χ0) is 19.6. The normalized spacial score (nSPS) is 16.9. The fourth-order valence-corrected chi connectivity index (χ4v) is 3.01. The van der Waals surface area contributed by atoms with E-state index in [1.807, 2.05) is 37.3 Å². The minimum Gasteiger partial charge on any atom is -0.489 e. The van der Waals surface area contributed by atoms with Crippen LogP contribution in [0.4, 0.5) is 4.79 Å². The number of hydrogen-bond acceptors (Lipinski definition) is 5. The topological polar surface area (TPSA) is 91.8 Å². The number of hydrogen-bond donors (Lipinski definition) is 1. The minimum atomic E-state index is -0.756. The van der Waals surface area contributed by atoms with Crippen molar-refractivity contribution in [3.63, 3.8) is 0 Å². The monoisotopic (exact) mass is 370 g/mol. The van der Waals surface area contributed by atoms with E-state index in [2.05, 4.69) is 10.3 Å². The van der Waals surface area contributed by atoms with Gasteiger partial charge in [-0.25, -0.2) is 9.78 Å². The summed E-state index contributed by atoms with van der Waals surface area (Å²) in [6.07, 6.45) is -0.0690.